The first-order valence-corrected chi connectivity index (χ1v) is 9.33. The first-order valence-electron chi connectivity index (χ1n) is 7.84. The second-order valence-corrected chi connectivity index (χ2v) is 7.92. The highest BCUT2D eigenvalue weighted by Gasteiger charge is 2.28. The Morgan fingerprint density at radius 3 is 2.87 bits per heavy atom. The summed E-state index contributed by atoms with van der Waals surface area (Å²) in [7, 11) is -1.63. The van der Waals surface area contributed by atoms with Crippen LogP contribution in [0, 0.1) is 0 Å². The first kappa shape index (κ1) is 14.7. The number of rotatable bonds is 4. The van der Waals surface area contributed by atoms with Gasteiger partial charge >= 0.3 is 0 Å². The molecule has 1 saturated carbocycles. The number of hydrogen-bond donors (Lipinski definition) is 1. The van der Waals surface area contributed by atoms with Crippen molar-refractivity contribution in [1.82, 2.24) is 24.5 Å². The van der Waals surface area contributed by atoms with E-state index in [2.05, 4.69) is 19.8 Å². The van der Waals surface area contributed by atoms with E-state index in [1.165, 1.54) is 0 Å². The highest BCUT2D eigenvalue weighted by Crippen LogP contribution is 2.33. The number of sulfonamides is 1. The first-order chi connectivity index (χ1) is 11.0. The molecule has 0 spiro atoms. The summed E-state index contributed by atoms with van der Waals surface area (Å²) < 4.78 is 31.4. The standard InChI is InChI=1S/C14H20N6O2S/c1-18-7-8-19-12(10-18)9-13(16-19)17-23(21,22)14-5-6-15-20(14)11-3-2-4-11/h5-6,9,11H,2-4,7-8,10H2,1H3,(H,16,17). The van der Waals surface area contributed by atoms with Gasteiger partial charge in [0.25, 0.3) is 10.0 Å². The fourth-order valence-corrected chi connectivity index (χ4v) is 4.22. The van der Waals surface area contributed by atoms with E-state index in [0.29, 0.717) is 5.82 Å². The Balaban J connectivity index is 1.59. The van der Waals surface area contributed by atoms with E-state index in [1.54, 1.807) is 23.0 Å². The summed E-state index contributed by atoms with van der Waals surface area (Å²) in [5.41, 5.74) is 1.02. The lowest BCUT2D eigenvalue weighted by Gasteiger charge is -2.27. The predicted octanol–water partition coefficient (Wildman–Crippen LogP) is 1.05. The molecule has 0 bridgehead atoms. The Labute approximate surface area is 135 Å². The SMILES string of the molecule is CN1CCn2nc(NS(=O)(=O)c3ccnn3C3CCC3)cc2C1. The summed E-state index contributed by atoms with van der Waals surface area (Å²) in [4.78, 5) is 2.18. The van der Waals surface area contributed by atoms with Crippen molar-refractivity contribution in [2.75, 3.05) is 18.3 Å². The van der Waals surface area contributed by atoms with Crippen molar-refractivity contribution < 1.29 is 8.42 Å². The minimum atomic E-state index is -3.67. The summed E-state index contributed by atoms with van der Waals surface area (Å²) in [5, 5.41) is 8.76. The van der Waals surface area contributed by atoms with Crippen molar-refractivity contribution in [2.24, 2.45) is 0 Å². The third kappa shape index (κ3) is 2.63. The van der Waals surface area contributed by atoms with Gasteiger partial charge in [-0.3, -0.25) is 14.3 Å². The number of aromatic nitrogens is 4. The molecule has 3 heterocycles. The van der Waals surface area contributed by atoms with Crippen molar-refractivity contribution in [2.45, 2.75) is 43.4 Å². The zero-order valence-electron chi connectivity index (χ0n) is 13.0. The van der Waals surface area contributed by atoms with E-state index in [0.717, 1.165) is 44.6 Å². The lowest BCUT2D eigenvalue weighted by atomic mass is 9.93. The Morgan fingerprint density at radius 1 is 1.30 bits per heavy atom. The van der Waals surface area contributed by atoms with Gasteiger partial charge in [-0.15, -0.1) is 0 Å². The fraction of sp³-hybridized carbons (Fsp3) is 0.571. The molecule has 0 saturated heterocycles. The molecule has 2 aliphatic rings. The maximum Gasteiger partial charge on any atom is 0.280 e. The van der Waals surface area contributed by atoms with Gasteiger partial charge in [-0.1, -0.05) is 0 Å². The zero-order valence-corrected chi connectivity index (χ0v) is 13.8. The quantitative estimate of drug-likeness (QED) is 0.902. The average molecular weight is 336 g/mol. The van der Waals surface area contributed by atoms with Crippen LogP contribution in [0.15, 0.2) is 23.4 Å². The van der Waals surface area contributed by atoms with Crippen molar-refractivity contribution >= 4 is 15.8 Å². The van der Waals surface area contributed by atoms with Crippen LogP contribution in [0.25, 0.3) is 0 Å². The van der Waals surface area contributed by atoms with Crippen LogP contribution in [0.2, 0.25) is 0 Å². The smallest absolute Gasteiger partial charge is 0.280 e. The number of fused-ring (bicyclic) bond motifs is 1. The van der Waals surface area contributed by atoms with Gasteiger partial charge in [0.1, 0.15) is 0 Å². The van der Waals surface area contributed by atoms with Gasteiger partial charge in [0.05, 0.1) is 24.5 Å². The van der Waals surface area contributed by atoms with Gasteiger partial charge in [-0.05, 0) is 32.4 Å². The fourth-order valence-electron chi connectivity index (χ4n) is 3.06. The van der Waals surface area contributed by atoms with Crippen LogP contribution in [0.5, 0.6) is 0 Å². The van der Waals surface area contributed by atoms with E-state index in [9.17, 15) is 8.42 Å². The molecule has 1 aliphatic carbocycles. The van der Waals surface area contributed by atoms with Crippen LogP contribution in [-0.4, -0.2) is 46.5 Å². The molecule has 4 rings (SSSR count). The minimum absolute atomic E-state index is 0.195. The summed E-state index contributed by atoms with van der Waals surface area (Å²) in [6.45, 7) is 2.46. The molecule has 2 aromatic heterocycles. The van der Waals surface area contributed by atoms with E-state index in [4.69, 9.17) is 0 Å². The molecular weight excluding hydrogens is 316 g/mol. The molecule has 124 valence electrons. The van der Waals surface area contributed by atoms with Crippen LogP contribution in [0.1, 0.15) is 31.0 Å². The largest absolute Gasteiger partial charge is 0.299 e. The molecule has 1 fully saturated rings. The predicted molar refractivity (Wildman–Crippen MR) is 84.5 cm³/mol. The Bertz CT molecular complexity index is 820. The molecular formula is C14H20N6O2S. The van der Waals surface area contributed by atoms with Gasteiger partial charge in [0.15, 0.2) is 10.8 Å². The lowest BCUT2D eigenvalue weighted by molar-refractivity contribution is 0.259. The van der Waals surface area contributed by atoms with Gasteiger partial charge in [-0.2, -0.15) is 18.6 Å². The summed E-state index contributed by atoms with van der Waals surface area (Å²) in [6, 6.07) is 3.54. The molecule has 0 amide bonds. The van der Waals surface area contributed by atoms with E-state index in [-0.39, 0.29) is 11.1 Å². The van der Waals surface area contributed by atoms with Crippen LogP contribution >= 0.6 is 0 Å². The van der Waals surface area contributed by atoms with Crippen LogP contribution < -0.4 is 4.72 Å². The summed E-state index contributed by atoms with van der Waals surface area (Å²) >= 11 is 0. The van der Waals surface area contributed by atoms with Crippen LogP contribution in [0.4, 0.5) is 5.82 Å². The van der Waals surface area contributed by atoms with Crippen LogP contribution in [0.3, 0.4) is 0 Å². The topological polar surface area (TPSA) is 85.1 Å². The number of anilines is 1. The normalized spacial score (nSPS) is 19.3. The van der Waals surface area contributed by atoms with E-state index < -0.39 is 10.0 Å². The zero-order chi connectivity index (χ0) is 16.0. The molecule has 8 nitrogen and oxygen atoms in total. The maximum absolute atomic E-state index is 12.7. The van der Waals surface area contributed by atoms with Gasteiger partial charge in [-0.25, -0.2) is 4.68 Å². The Hall–Kier alpha value is -1.87. The molecule has 0 radical (unpaired) electrons. The van der Waals surface area contributed by atoms with E-state index in [1.807, 2.05) is 11.7 Å². The van der Waals surface area contributed by atoms with Crippen LogP contribution in [-0.2, 0) is 23.1 Å². The average Bonchev–Trinajstić information content (AvgIpc) is 3.02. The number of nitrogens with zero attached hydrogens (tertiary/aromatic N) is 5. The molecule has 23 heavy (non-hydrogen) atoms. The van der Waals surface area contributed by atoms with Gasteiger partial charge in [0, 0.05) is 19.2 Å². The molecule has 9 heteroatoms. The molecule has 0 atom stereocenters. The van der Waals surface area contributed by atoms with Crippen molar-refractivity contribution in [3.63, 3.8) is 0 Å². The lowest BCUT2D eigenvalue weighted by Crippen LogP contribution is -2.30. The number of nitrogens with one attached hydrogen (secondary N) is 1. The minimum Gasteiger partial charge on any atom is -0.299 e. The van der Waals surface area contributed by atoms with Crippen molar-refractivity contribution in [1.29, 1.82) is 0 Å². The monoisotopic (exact) mass is 336 g/mol. The third-order valence-corrected chi connectivity index (χ3v) is 5.91. The Kier molecular flexibility index (Phi) is 3.42. The number of hydrogen-bond acceptors (Lipinski definition) is 5. The Morgan fingerprint density at radius 2 is 2.13 bits per heavy atom. The molecule has 1 N–H and O–H groups in total. The third-order valence-electron chi connectivity index (χ3n) is 4.56. The molecule has 0 unspecified atom stereocenters. The molecule has 1 aliphatic heterocycles. The van der Waals surface area contributed by atoms with Crippen molar-refractivity contribution in [3.8, 4) is 0 Å². The highest BCUT2D eigenvalue weighted by molar-refractivity contribution is 7.92. The molecule has 2 aromatic rings. The second kappa shape index (κ2) is 5.34. The second-order valence-electron chi connectivity index (χ2n) is 6.29. The highest BCUT2D eigenvalue weighted by atomic mass is 32.2. The molecule has 0 aromatic carbocycles. The summed E-state index contributed by atoms with van der Waals surface area (Å²) in [6.07, 6.45) is 4.63. The van der Waals surface area contributed by atoms with Gasteiger partial charge in [0.2, 0.25) is 0 Å². The number of likely N-dealkylation sites (N-methyl/N-ethyl adjacent to an activating group) is 1. The van der Waals surface area contributed by atoms with Gasteiger partial charge < -0.3 is 0 Å². The summed E-state index contributed by atoms with van der Waals surface area (Å²) in [5.74, 6) is 0.372. The maximum atomic E-state index is 12.7. The van der Waals surface area contributed by atoms with Crippen molar-refractivity contribution in [3.05, 3.63) is 24.0 Å². The van der Waals surface area contributed by atoms with E-state index >= 15 is 0 Å².